The van der Waals surface area contributed by atoms with Crippen LogP contribution < -0.4 is 10.2 Å². The van der Waals surface area contributed by atoms with Crippen molar-refractivity contribution in [2.24, 2.45) is 0 Å². The van der Waals surface area contributed by atoms with Gasteiger partial charge < -0.3 is 10.2 Å². The van der Waals surface area contributed by atoms with Crippen molar-refractivity contribution in [3.8, 4) is 0 Å². The minimum Gasteiger partial charge on any atom is -0.311 e. The molecule has 0 spiro atoms. The van der Waals surface area contributed by atoms with Crippen molar-refractivity contribution in [3.05, 3.63) is 42.5 Å². The Kier molecular flexibility index (Phi) is 3.73. The Morgan fingerprint density at radius 2 is 2.25 bits per heavy atom. The summed E-state index contributed by atoms with van der Waals surface area (Å²) in [5, 5.41) is 7.36. The van der Waals surface area contributed by atoms with Crippen LogP contribution in [0.5, 0.6) is 0 Å². The van der Waals surface area contributed by atoms with E-state index in [1.54, 1.807) is 11.0 Å². The number of benzene rings is 1. The maximum absolute atomic E-state index is 12.4. The summed E-state index contributed by atoms with van der Waals surface area (Å²) in [6.45, 7) is 2.88. The minimum absolute atomic E-state index is 0.122. The molecule has 2 aromatic rings. The van der Waals surface area contributed by atoms with E-state index in [4.69, 9.17) is 0 Å². The monoisotopic (exact) mass is 271 g/mol. The molecular weight excluding hydrogens is 254 g/mol. The zero-order valence-electron chi connectivity index (χ0n) is 11.2. The molecule has 0 fully saturated rings. The van der Waals surface area contributed by atoms with Crippen LogP contribution in [0.3, 0.4) is 0 Å². The molecule has 1 aliphatic rings. The third kappa shape index (κ3) is 2.70. The number of para-hydroxylation sites is 1. The molecule has 104 valence electrons. The van der Waals surface area contributed by atoms with E-state index in [1.807, 2.05) is 23.1 Å². The number of rotatable bonds is 3. The molecule has 1 amide bonds. The number of nitrogens with one attached hydrogen (secondary N) is 1. The molecule has 0 saturated carbocycles. The van der Waals surface area contributed by atoms with Gasteiger partial charge in [0, 0.05) is 31.7 Å². The Morgan fingerprint density at radius 1 is 1.35 bits per heavy atom. The van der Waals surface area contributed by atoms with Crippen LogP contribution in [-0.4, -0.2) is 33.8 Å². The van der Waals surface area contributed by atoms with E-state index in [-0.39, 0.29) is 5.91 Å². The van der Waals surface area contributed by atoms with Crippen LogP contribution in [0.1, 0.15) is 12.0 Å². The molecule has 0 radical (unpaired) electrons. The van der Waals surface area contributed by atoms with E-state index in [9.17, 15) is 4.79 Å². The van der Waals surface area contributed by atoms with E-state index in [0.717, 1.165) is 18.8 Å². The summed E-state index contributed by atoms with van der Waals surface area (Å²) in [5.74, 6) is 0.122. The standard InChI is InChI=1S/C14H17N5O/c20-14(5-7-18-11-16-10-17-18)19-8-6-15-9-12-3-1-2-4-13(12)19/h1-4,10-11,15H,5-9H2. The highest BCUT2D eigenvalue weighted by atomic mass is 16.2. The molecule has 1 aromatic carbocycles. The number of anilines is 1. The largest absolute Gasteiger partial charge is 0.311 e. The smallest absolute Gasteiger partial charge is 0.228 e. The molecule has 3 rings (SSSR count). The fraction of sp³-hybridized carbons (Fsp3) is 0.357. The Balaban J connectivity index is 1.73. The second kappa shape index (κ2) is 5.83. The lowest BCUT2D eigenvalue weighted by Gasteiger charge is -2.22. The van der Waals surface area contributed by atoms with Crippen LogP contribution >= 0.6 is 0 Å². The first kappa shape index (κ1) is 12.8. The minimum atomic E-state index is 0.122. The number of hydrogen-bond acceptors (Lipinski definition) is 4. The average Bonchev–Trinajstić information content (AvgIpc) is 2.90. The van der Waals surface area contributed by atoms with Crippen LogP contribution in [0.4, 0.5) is 5.69 Å². The van der Waals surface area contributed by atoms with Gasteiger partial charge >= 0.3 is 0 Å². The van der Waals surface area contributed by atoms with Crippen LogP contribution in [0.25, 0.3) is 0 Å². The Morgan fingerprint density at radius 3 is 3.10 bits per heavy atom. The van der Waals surface area contributed by atoms with Crippen molar-refractivity contribution in [1.82, 2.24) is 20.1 Å². The molecular formula is C14H17N5O. The number of fused-ring (bicyclic) bond motifs is 1. The van der Waals surface area contributed by atoms with Gasteiger partial charge in [-0.15, -0.1) is 0 Å². The van der Waals surface area contributed by atoms with Crippen molar-refractivity contribution < 1.29 is 4.79 Å². The molecule has 2 heterocycles. The summed E-state index contributed by atoms with van der Waals surface area (Å²) < 4.78 is 1.68. The highest BCUT2D eigenvalue weighted by Gasteiger charge is 2.20. The Bertz CT molecular complexity index is 581. The van der Waals surface area contributed by atoms with Crippen molar-refractivity contribution >= 4 is 11.6 Å². The molecule has 20 heavy (non-hydrogen) atoms. The topological polar surface area (TPSA) is 63.1 Å². The first-order valence-electron chi connectivity index (χ1n) is 6.76. The number of carbonyl (C=O) groups is 1. The molecule has 1 aromatic heterocycles. The lowest BCUT2D eigenvalue weighted by molar-refractivity contribution is -0.118. The first-order chi connectivity index (χ1) is 9.84. The maximum atomic E-state index is 12.4. The fourth-order valence-electron chi connectivity index (χ4n) is 2.41. The SMILES string of the molecule is O=C(CCn1cncn1)N1CCNCc2ccccc21. The van der Waals surface area contributed by atoms with Crippen molar-refractivity contribution in [2.75, 3.05) is 18.0 Å². The van der Waals surface area contributed by atoms with E-state index in [1.165, 1.54) is 11.9 Å². The molecule has 0 saturated heterocycles. The zero-order chi connectivity index (χ0) is 13.8. The van der Waals surface area contributed by atoms with Gasteiger partial charge in [0.25, 0.3) is 0 Å². The number of nitrogens with zero attached hydrogens (tertiary/aromatic N) is 4. The van der Waals surface area contributed by atoms with Gasteiger partial charge in [0.05, 0.1) is 6.54 Å². The second-order valence-corrected chi connectivity index (χ2v) is 4.76. The van der Waals surface area contributed by atoms with Crippen LogP contribution in [0.2, 0.25) is 0 Å². The lowest BCUT2D eigenvalue weighted by Crippen LogP contribution is -2.35. The molecule has 6 nitrogen and oxygen atoms in total. The van der Waals surface area contributed by atoms with E-state index in [2.05, 4.69) is 21.5 Å². The molecule has 0 bridgehead atoms. The number of aryl methyl sites for hydroxylation is 1. The summed E-state index contributed by atoms with van der Waals surface area (Å²) >= 11 is 0. The molecule has 1 aliphatic heterocycles. The highest BCUT2D eigenvalue weighted by Crippen LogP contribution is 2.22. The van der Waals surface area contributed by atoms with Gasteiger partial charge in [0.15, 0.2) is 0 Å². The van der Waals surface area contributed by atoms with Gasteiger partial charge in [-0.1, -0.05) is 18.2 Å². The van der Waals surface area contributed by atoms with Crippen LogP contribution in [-0.2, 0) is 17.9 Å². The second-order valence-electron chi connectivity index (χ2n) is 4.76. The quantitative estimate of drug-likeness (QED) is 0.897. The third-order valence-electron chi connectivity index (χ3n) is 3.43. The Labute approximate surface area is 117 Å². The van der Waals surface area contributed by atoms with Gasteiger partial charge in [-0.3, -0.25) is 9.48 Å². The number of amides is 1. The molecule has 0 unspecified atom stereocenters. The van der Waals surface area contributed by atoms with Crippen molar-refractivity contribution in [1.29, 1.82) is 0 Å². The van der Waals surface area contributed by atoms with Crippen molar-refractivity contribution in [2.45, 2.75) is 19.5 Å². The summed E-state index contributed by atoms with van der Waals surface area (Å²) in [6, 6.07) is 8.05. The molecule has 6 heteroatoms. The van der Waals surface area contributed by atoms with Gasteiger partial charge in [0.2, 0.25) is 5.91 Å². The van der Waals surface area contributed by atoms with E-state index in [0.29, 0.717) is 19.5 Å². The van der Waals surface area contributed by atoms with Crippen LogP contribution in [0.15, 0.2) is 36.9 Å². The molecule has 1 N–H and O–H groups in total. The summed E-state index contributed by atoms with van der Waals surface area (Å²) in [6.07, 6.45) is 3.54. The predicted octanol–water partition coefficient (Wildman–Crippen LogP) is 0.805. The number of carbonyl (C=O) groups excluding carboxylic acids is 1. The van der Waals surface area contributed by atoms with E-state index < -0.39 is 0 Å². The first-order valence-corrected chi connectivity index (χ1v) is 6.76. The van der Waals surface area contributed by atoms with Gasteiger partial charge in [0.1, 0.15) is 12.7 Å². The fourth-order valence-corrected chi connectivity index (χ4v) is 2.41. The molecule has 0 aliphatic carbocycles. The third-order valence-corrected chi connectivity index (χ3v) is 3.43. The van der Waals surface area contributed by atoms with E-state index >= 15 is 0 Å². The van der Waals surface area contributed by atoms with Crippen LogP contribution in [0, 0.1) is 0 Å². The average molecular weight is 271 g/mol. The van der Waals surface area contributed by atoms with Gasteiger partial charge in [-0.25, -0.2) is 4.98 Å². The van der Waals surface area contributed by atoms with Gasteiger partial charge in [-0.2, -0.15) is 5.10 Å². The molecule has 0 atom stereocenters. The maximum Gasteiger partial charge on any atom is 0.228 e. The Hall–Kier alpha value is -2.21. The summed E-state index contributed by atoms with van der Waals surface area (Å²) in [5.41, 5.74) is 2.18. The normalized spacial score (nSPS) is 14.7. The number of hydrogen-bond donors (Lipinski definition) is 1. The highest BCUT2D eigenvalue weighted by molar-refractivity contribution is 5.94. The lowest BCUT2D eigenvalue weighted by atomic mass is 10.1. The summed E-state index contributed by atoms with van der Waals surface area (Å²) in [7, 11) is 0. The summed E-state index contributed by atoms with van der Waals surface area (Å²) in [4.78, 5) is 18.2. The van der Waals surface area contributed by atoms with Gasteiger partial charge in [-0.05, 0) is 11.6 Å². The number of aromatic nitrogens is 3. The zero-order valence-corrected chi connectivity index (χ0v) is 11.2. The predicted molar refractivity (Wildman–Crippen MR) is 75.1 cm³/mol. The van der Waals surface area contributed by atoms with Crippen molar-refractivity contribution in [3.63, 3.8) is 0 Å².